The van der Waals surface area contributed by atoms with Crippen molar-refractivity contribution < 1.29 is 9.53 Å². The van der Waals surface area contributed by atoms with Gasteiger partial charge in [-0.1, -0.05) is 12.1 Å². The average molecular weight is 276 g/mol. The monoisotopic (exact) mass is 276 g/mol. The molecular formula is C16H24N2O2. The molecule has 0 aromatic heterocycles. The Bertz CT molecular complexity index is 478. The number of fused-ring (bicyclic) bond motifs is 1. The lowest BCUT2D eigenvalue weighted by Crippen LogP contribution is -2.33. The van der Waals surface area contributed by atoms with E-state index in [4.69, 9.17) is 4.74 Å². The van der Waals surface area contributed by atoms with Gasteiger partial charge in [-0.2, -0.15) is 0 Å². The molecule has 0 saturated heterocycles. The summed E-state index contributed by atoms with van der Waals surface area (Å²) in [6, 6.07) is 6.49. The highest BCUT2D eigenvalue weighted by Crippen LogP contribution is 2.22. The van der Waals surface area contributed by atoms with Crippen LogP contribution >= 0.6 is 0 Å². The Labute approximate surface area is 120 Å². The van der Waals surface area contributed by atoms with Crippen molar-refractivity contribution in [3.63, 3.8) is 0 Å². The Kier molecular flexibility index (Phi) is 4.53. The van der Waals surface area contributed by atoms with E-state index in [2.05, 4.69) is 28.8 Å². The van der Waals surface area contributed by atoms with Gasteiger partial charge >= 0.3 is 6.09 Å². The second-order valence-corrected chi connectivity index (χ2v) is 6.20. The Morgan fingerprint density at radius 1 is 1.40 bits per heavy atom. The molecule has 1 amide bonds. The van der Waals surface area contributed by atoms with Crippen LogP contribution in [-0.4, -0.2) is 24.8 Å². The number of carbonyl (C=O) groups is 1. The number of alkyl carbamates (subject to hydrolysis) is 1. The summed E-state index contributed by atoms with van der Waals surface area (Å²) in [7, 11) is 0. The van der Waals surface area contributed by atoms with Crippen molar-refractivity contribution in [1.29, 1.82) is 0 Å². The van der Waals surface area contributed by atoms with E-state index >= 15 is 0 Å². The lowest BCUT2D eigenvalue weighted by Gasteiger charge is -2.20. The number of anilines is 1. The van der Waals surface area contributed by atoms with Crippen molar-refractivity contribution in [2.45, 2.75) is 45.6 Å². The first-order valence-electron chi connectivity index (χ1n) is 7.26. The highest BCUT2D eigenvalue weighted by molar-refractivity contribution is 5.67. The molecule has 4 nitrogen and oxygen atoms in total. The first-order chi connectivity index (χ1) is 9.44. The lowest BCUT2D eigenvalue weighted by atomic mass is 9.99. The maximum atomic E-state index is 11.5. The molecule has 1 heterocycles. The number of benzene rings is 1. The van der Waals surface area contributed by atoms with Crippen LogP contribution in [0.15, 0.2) is 18.2 Å². The second kappa shape index (κ2) is 6.16. The fourth-order valence-corrected chi connectivity index (χ4v) is 2.31. The molecule has 0 radical (unpaired) electrons. The van der Waals surface area contributed by atoms with E-state index in [-0.39, 0.29) is 6.09 Å². The highest BCUT2D eigenvalue weighted by atomic mass is 16.6. The molecule has 2 N–H and O–H groups in total. The standard InChI is InChI=1S/C16H24N2O2/c1-16(2,3)20-15(19)18-10-8-12-6-7-14-13(11-12)5-4-9-17-14/h6-7,11,17H,4-5,8-10H2,1-3H3,(H,18,19). The molecule has 0 saturated carbocycles. The molecule has 1 aliphatic rings. The number of hydrogen-bond acceptors (Lipinski definition) is 3. The van der Waals surface area contributed by atoms with Crippen LogP contribution < -0.4 is 10.6 Å². The van der Waals surface area contributed by atoms with Gasteiger partial charge < -0.3 is 15.4 Å². The number of hydrogen-bond donors (Lipinski definition) is 2. The lowest BCUT2D eigenvalue weighted by molar-refractivity contribution is 0.0528. The van der Waals surface area contributed by atoms with Gasteiger partial charge in [0.25, 0.3) is 0 Å². The van der Waals surface area contributed by atoms with Gasteiger partial charge in [-0.15, -0.1) is 0 Å². The minimum Gasteiger partial charge on any atom is -0.444 e. The van der Waals surface area contributed by atoms with Crippen molar-refractivity contribution in [1.82, 2.24) is 5.32 Å². The van der Waals surface area contributed by atoms with Gasteiger partial charge in [0.1, 0.15) is 5.60 Å². The zero-order chi connectivity index (χ0) is 14.6. The number of rotatable bonds is 3. The Balaban J connectivity index is 1.81. The third kappa shape index (κ3) is 4.44. The molecule has 0 aliphatic carbocycles. The predicted octanol–water partition coefficient (Wildman–Crippen LogP) is 3.11. The summed E-state index contributed by atoms with van der Waals surface area (Å²) in [5, 5.41) is 6.19. The van der Waals surface area contributed by atoms with Crippen molar-refractivity contribution in [2.24, 2.45) is 0 Å². The van der Waals surface area contributed by atoms with Gasteiger partial charge in [-0.25, -0.2) is 4.79 Å². The maximum absolute atomic E-state index is 11.5. The zero-order valence-electron chi connectivity index (χ0n) is 12.6. The van der Waals surface area contributed by atoms with Crippen LogP contribution in [0.1, 0.15) is 38.3 Å². The van der Waals surface area contributed by atoms with Crippen LogP contribution in [0.2, 0.25) is 0 Å². The first kappa shape index (κ1) is 14.7. The van der Waals surface area contributed by atoms with Gasteiger partial charge in [-0.05, 0) is 57.2 Å². The minimum absolute atomic E-state index is 0.350. The van der Waals surface area contributed by atoms with Gasteiger partial charge in [0, 0.05) is 18.8 Å². The minimum atomic E-state index is -0.443. The first-order valence-corrected chi connectivity index (χ1v) is 7.26. The van der Waals surface area contributed by atoms with E-state index in [0.29, 0.717) is 6.54 Å². The summed E-state index contributed by atoms with van der Waals surface area (Å²) >= 11 is 0. The number of ether oxygens (including phenoxy) is 1. The van der Waals surface area contributed by atoms with E-state index in [9.17, 15) is 4.79 Å². The van der Waals surface area contributed by atoms with Crippen LogP contribution in [0.5, 0.6) is 0 Å². The summed E-state index contributed by atoms with van der Waals surface area (Å²) in [4.78, 5) is 11.5. The van der Waals surface area contributed by atoms with Crippen molar-refractivity contribution in [3.05, 3.63) is 29.3 Å². The molecule has 0 atom stereocenters. The Morgan fingerprint density at radius 3 is 2.95 bits per heavy atom. The number of nitrogens with one attached hydrogen (secondary N) is 2. The fourth-order valence-electron chi connectivity index (χ4n) is 2.31. The second-order valence-electron chi connectivity index (χ2n) is 6.20. The number of amides is 1. The summed E-state index contributed by atoms with van der Waals surface area (Å²) in [5.74, 6) is 0. The molecule has 1 aliphatic heterocycles. The van der Waals surface area contributed by atoms with E-state index in [1.807, 2.05) is 20.8 Å². The van der Waals surface area contributed by atoms with Gasteiger partial charge in [0.15, 0.2) is 0 Å². The van der Waals surface area contributed by atoms with Crippen LogP contribution in [0, 0.1) is 0 Å². The Hall–Kier alpha value is -1.71. The molecule has 0 unspecified atom stereocenters. The molecule has 20 heavy (non-hydrogen) atoms. The van der Waals surface area contributed by atoms with E-state index in [1.54, 1.807) is 0 Å². The van der Waals surface area contributed by atoms with Gasteiger partial charge in [-0.3, -0.25) is 0 Å². The molecule has 2 rings (SSSR count). The molecule has 0 bridgehead atoms. The summed E-state index contributed by atoms with van der Waals surface area (Å²) in [6.45, 7) is 7.25. The quantitative estimate of drug-likeness (QED) is 0.892. The number of aryl methyl sites for hydroxylation is 1. The van der Waals surface area contributed by atoms with Crippen LogP contribution in [-0.2, 0) is 17.6 Å². The third-order valence-electron chi connectivity index (χ3n) is 3.19. The van der Waals surface area contributed by atoms with E-state index < -0.39 is 5.60 Å². The van der Waals surface area contributed by atoms with Gasteiger partial charge in [0.05, 0.1) is 0 Å². The van der Waals surface area contributed by atoms with Crippen molar-refractivity contribution >= 4 is 11.8 Å². The van der Waals surface area contributed by atoms with Gasteiger partial charge in [0.2, 0.25) is 0 Å². The molecular weight excluding hydrogens is 252 g/mol. The van der Waals surface area contributed by atoms with Crippen molar-refractivity contribution in [2.75, 3.05) is 18.4 Å². The maximum Gasteiger partial charge on any atom is 0.407 e. The molecule has 0 spiro atoms. The smallest absolute Gasteiger partial charge is 0.407 e. The van der Waals surface area contributed by atoms with Crippen LogP contribution in [0.3, 0.4) is 0 Å². The summed E-state index contributed by atoms with van der Waals surface area (Å²) in [5.41, 5.74) is 3.44. The highest BCUT2D eigenvalue weighted by Gasteiger charge is 2.15. The zero-order valence-corrected chi connectivity index (χ0v) is 12.6. The largest absolute Gasteiger partial charge is 0.444 e. The summed E-state index contributed by atoms with van der Waals surface area (Å²) in [6.07, 6.45) is 2.80. The van der Waals surface area contributed by atoms with Crippen LogP contribution in [0.25, 0.3) is 0 Å². The SMILES string of the molecule is CC(C)(C)OC(=O)NCCc1ccc2c(c1)CCCN2. The molecule has 0 fully saturated rings. The summed E-state index contributed by atoms with van der Waals surface area (Å²) < 4.78 is 5.21. The molecule has 110 valence electrons. The Morgan fingerprint density at radius 2 is 2.20 bits per heavy atom. The van der Waals surface area contributed by atoms with E-state index in [0.717, 1.165) is 19.4 Å². The predicted molar refractivity (Wildman–Crippen MR) is 81.2 cm³/mol. The van der Waals surface area contributed by atoms with Crippen molar-refractivity contribution in [3.8, 4) is 0 Å². The van der Waals surface area contributed by atoms with Crippen LogP contribution in [0.4, 0.5) is 10.5 Å². The number of carbonyl (C=O) groups excluding carboxylic acids is 1. The molecule has 4 heteroatoms. The topological polar surface area (TPSA) is 50.4 Å². The molecule has 1 aromatic carbocycles. The third-order valence-corrected chi connectivity index (χ3v) is 3.19. The van der Waals surface area contributed by atoms with E-state index in [1.165, 1.54) is 23.2 Å². The average Bonchev–Trinajstić information content (AvgIpc) is 2.36. The fraction of sp³-hybridized carbons (Fsp3) is 0.562. The normalized spacial score (nSPS) is 14.2. The molecule has 1 aromatic rings.